The molecule has 2 fully saturated rings. The molecule has 2 bridgehead atoms. The minimum absolute atomic E-state index is 0. The number of nitrogens with zero attached hydrogens (tertiary/aromatic N) is 1. The van der Waals surface area contributed by atoms with Crippen LogP contribution in [0.5, 0.6) is 5.75 Å². The summed E-state index contributed by atoms with van der Waals surface area (Å²) in [5.41, 5.74) is 0. The molecule has 25 heavy (non-hydrogen) atoms. The maximum atomic E-state index is 12.5. The highest BCUT2D eigenvalue weighted by molar-refractivity contribution is 9.10. The van der Waals surface area contributed by atoms with Crippen molar-refractivity contribution in [2.24, 2.45) is 0 Å². The van der Waals surface area contributed by atoms with Crippen molar-refractivity contribution < 1.29 is 9.53 Å². The zero-order valence-electron chi connectivity index (χ0n) is 13.9. The number of nitrogens with one attached hydrogen (secondary N) is 1. The van der Waals surface area contributed by atoms with Gasteiger partial charge < -0.3 is 15.0 Å². The summed E-state index contributed by atoms with van der Waals surface area (Å²) in [5, 5.41) is 5.86. The van der Waals surface area contributed by atoms with E-state index in [-0.39, 0.29) is 24.9 Å². The first kappa shape index (κ1) is 18.5. The monoisotopic (exact) mass is 424 g/mol. The van der Waals surface area contributed by atoms with Crippen LogP contribution in [-0.2, 0) is 4.79 Å². The number of carbonyl (C=O) groups excluding carboxylic acids is 1. The molecule has 0 saturated carbocycles. The molecule has 4 nitrogen and oxygen atoms in total. The second kappa shape index (κ2) is 7.94. The summed E-state index contributed by atoms with van der Waals surface area (Å²) >= 11 is 3.48. The van der Waals surface area contributed by atoms with Crippen molar-refractivity contribution in [1.29, 1.82) is 0 Å². The largest absolute Gasteiger partial charge is 0.484 e. The van der Waals surface area contributed by atoms with Crippen LogP contribution in [0.1, 0.15) is 19.3 Å². The van der Waals surface area contributed by atoms with Crippen LogP contribution in [0.3, 0.4) is 0 Å². The Balaban J connectivity index is 0.00000182. The predicted molar refractivity (Wildman–Crippen MR) is 106 cm³/mol. The Kier molecular flexibility index (Phi) is 5.87. The smallest absolute Gasteiger partial charge is 0.260 e. The van der Waals surface area contributed by atoms with Gasteiger partial charge in [-0.3, -0.25) is 4.79 Å². The third kappa shape index (κ3) is 4.27. The van der Waals surface area contributed by atoms with E-state index >= 15 is 0 Å². The van der Waals surface area contributed by atoms with Gasteiger partial charge in [0.25, 0.3) is 5.91 Å². The van der Waals surface area contributed by atoms with Crippen LogP contribution in [0.25, 0.3) is 10.8 Å². The summed E-state index contributed by atoms with van der Waals surface area (Å²) in [6.07, 6.45) is 3.47. The van der Waals surface area contributed by atoms with Gasteiger partial charge in [-0.2, -0.15) is 0 Å². The third-order valence-corrected chi connectivity index (χ3v) is 5.51. The number of rotatable bonds is 3. The molecule has 2 aromatic rings. The number of hydrogen-bond donors (Lipinski definition) is 1. The van der Waals surface area contributed by atoms with Crippen LogP contribution in [0.2, 0.25) is 0 Å². The molecular formula is C19H22BrClN2O2. The molecule has 0 aliphatic carbocycles. The highest BCUT2D eigenvalue weighted by atomic mass is 79.9. The molecule has 0 radical (unpaired) electrons. The number of amides is 1. The Morgan fingerprint density at radius 2 is 1.88 bits per heavy atom. The first-order valence-corrected chi connectivity index (χ1v) is 9.32. The standard InChI is InChI=1S/C19H21BrN2O2.ClH/c20-15-3-1-14-10-18(6-2-13(14)9-15)24-12-19(23)22-8-7-16-4-5-17(11-22)21-16;/h1-3,6,9-10,16-17,21H,4-5,7-8,11-12H2;1H. The Bertz CT molecular complexity index is 770. The second-order valence-corrected chi connectivity index (χ2v) is 7.62. The van der Waals surface area contributed by atoms with E-state index < -0.39 is 0 Å². The summed E-state index contributed by atoms with van der Waals surface area (Å²) in [7, 11) is 0. The molecule has 0 spiro atoms. The molecule has 0 aromatic heterocycles. The Morgan fingerprint density at radius 1 is 1.12 bits per heavy atom. The summed E-state index contributed by atoms with van der Waals surface area (Å²) in [6, 6.07) is 13.1. The van der Waals surface area contributed by atoms with Gasteiger partial charge in [-0.1, -0.05) is 28.1 Å². The van der Waals surface area contributed by atoms with Crippen LogP contribution in [0.4, 0.5) is 0 Å². The number of hydrogen-bond acceptors (Lipinski definition) is 3. The van der Waals surface area contributed by atoms with Gasteiger partial charge in [0.2, 0.25) is 0 Å². The van der Waals surface area contributed by atoms with E-state index in [4.69, 9.17) is 4.74 Å². The SMILES string of the molecule is Cl.O=C(COc1ccc2cc(Br)ccc2c1)N1CCC2CCC(C1)N2. The summed E-state index contributed by atoms with van der Waals surface area (Å²) in [6.45, 7) is 1.76. The van der Waals surface area contributed by atoms with E-state index in [1.807, 2.05) is 35.2 Å². The maximum absolute atomic E-state index is 12.5. The fourth-order valence-corrected chi connectivity index (χ4v) is 4.07. The lowest BCUT2D eigenvalue weighted by atomic mass is 10.1. The van der Waals surface area contributed by atoms with E-state index in [0.29, 0.717) is 12.1 Å². The normalized spacial score (nSPS) is 22.4. The molecule has 2 aliphatic heterocycles. The van der Waals surface area contributed by atoms with Gasteiger partial charge in [0.05, 0.1) is 0 Å². The van der Waals surface area contributed by atoms with Gasteiger partial charge in [-0.15, -0.1) is 12.4 Å². The van der Waals surface area contributed by atoms with Crippen molar-refractivity contribution in [3.8, 4) is 5.75 Å². The van der Waals surface area contributed by atoms with Crippen LogP contribution >= 0.6 is 28.3 Å². The van der Waals surface area contributed by atoms with Gasteiger partial charge in [-0.05, 0) is 54.3 Å². The molecule has 2 unspecified atom stereocenters. The highest BCUT2D eigenvalue weighted by Crippen LogP contribution is 2.24. The number of fused-ring (bicyclic) bond motifs is 3. The Labute approximate surface area is 162 Å². The Morgan fingerprint density at radius 3 is 2.76 bits per heavy atom. The minimum atomic E-state index is 0. The quantitative estimate of drug-likeness (QED) is 0.814. The van der Waals surface area contributed by atoms with E-state index in [0.717, 1.165) is 40.5 Å². The first-order chi connectivity index (χ1) is 11.7. The molecular weight excluding hydrogens is 404 g/mol. The van der Waals surface area contributed by atoms with E-state index in [1.165, 1.54) is 12.8 Å². The van der Waals surface area contributed by atoms with Crippen LogP contribution in [-0.4, -0.2) is 42.6 Å². The molecule has 2 aliphatic rings. The zero-order valence-corrected chi connectivity index (χ0v) is 16.3. The molecule has 4 rings (SSSR count). The summed E-state index contributed by atoms with van der Waals surface area (Å²) in [4.78, 5) is 14.4. The molecule has 2 saturated heterocycles. The molecule has 2 aromatic carbocycles. The number of benzene rings is 2. The summed E-state index contributed by atoms with van der Waals surface area (Å²) < 4.78 is 6.82. The Hall–Kier alpha value is -1.30. The van der Waals surface area contributed by atoms with Gasteiger partial charge >= 0.3 is 0 Å². The third-order valence-electron chi connectivity index (χ3n) is 5.01. The van der Waals surface area contributed by atoms with E-state index in [9.17, 15) is 4.79 Å². The van der Waals surface area contributed by atoms with Crippen LogP contribution in [0, 0.1) is 0 Å². The summed E-state index contributed by atoms with van der Waals surface area (Å²) in [5.74, 6) is 0.827. The van der Waals surface area contributed by atoms with Crippen molar-refractivity contribution in [2.75, 3.05) is 19.7 Å². The topological polar surface area (TPSA) is 41.6 Å². The average molecular weight is 426 g/mol. The lowest BCUT2D eigenvalue weighted by molar-refractivity contribution is -0.133. The first-order valence-electron chi connectivity index (χ1n) is 8.53. The lowest BCUT2D eigenvalue weighted by Crippen LogP contribution is -2.41. The van der Waals surface area contributed by atoms with Crippen molar-refractivity contribution in [3.05, 3.63) is 40.9 Å². The lowest BCUT2D eigenvalue weighted by Gasteiger charge is -2.24. The van der Waals surface area contributed by atoms with Crippen molar-refractivity contribution in [1.82, 2.24) is 10.2 Å². The predicted octanol–water partition coefficient (Wildman–Crippen LogP) is 3.76. The molecule has 2 heterocycles. The molecule has 1 N–H and O–H groups in total. The number of ether oxygens (including phenoxy) is 1. The number of likely N-dealkylation sites (tertiary alicyclic amines) is 1. The van der Waals surface area contributed by atoms with Crippen molar-refractivity contribution in [2.45, 2.75) is 31.3 Å². The maximum Gasteiger partial charge on any atom is 0.260 e. The fourth-order valence-electron chi connectivity index (χ4n) is 3.69. The van der Waals surface area contributed by atoms with E-state index in [2.05, 4.69) is 27.3 Å². The second-order valence-electron chi connectivity index (χ2n) is 6.71. The number of halogens is 2. The minimum Gasteiger partial charge on any atom is -0.484 e. The molecule has 134 valence electrons. The van der Waals surface area contributed by atoms with Gasteiger partial charge in [0.1, 0.15) is 5.75 Å². The van der Waals surface area contributed by atoms with Gasteiger partial charge in [-0.25, -0.2) is 0 Å². The molecule has 1 amide bonds. The van der Waals surface area contributed by atoms with Gasteiger partial charge in [0.15, 0.2) is 6.61 Å². The van der Waals surface area contributed by atoms with Crippen LogP contribution < -0.4 is 10.1 Å². The van der Waals surface area contributed by atoms with Crippen molar-refractivity contribution >= 4 is 45.0 Å². The number of carbonyl (C=O) groups is 1. The van der Waals surface area contributed by atoms with Crippen LogP contribution in [0.15, 0.2) is 40.9 Å². The fraction of sp³-hybridized carbons (Fsp3) is 0.421. The molecule has 2 atom stereocenters. The van der Waals surface area contributed by atoms with Gasteiger partial charge in [0, 0.05) is 29.6 Å². The average Bonchev–Trinajstić information content (AvgIpc) is 2.91. The molecule has 6 heteroatoms. The zero-order chi connectivity index (χ0) is 16.5. The highest BCUT2D eigenvalue weighted by Gasteiger charge is 2.31. The van der Waals surface area contributed by atoms with Crippen molar-refractivity contribution in [3.63, 3.8) is 0 Å². The van der Waals surface area contributed by atoms with E-state index in [1.54, 1.807) is 0 Å².